The Labute approximate surface area is 566 Å². The molecule has 0 spiro atoms. The highest BCUT2D eigenvalue weighted by Gasteiger charge is 2.27. The highest BCUT2D eigenvalue weighted by molar-refractivity contribution is 7.47. The van der Waals surface area contributed by atoms with Crippen molar-refractivity contribution < 1.29 is 42.1 Å². The Balaban J connectivity index is 4.04. The van der Waals surface area contributed by atoms with Crippen molar-refractivity contribution in [3.8, 4) is 0 Å². The molecule has 9 nitrogen and oxygen atoms in total. The van der Waals surface area contributed by atoms with E-state index in [9.17, 15) is 19.0 Å². The quantitative estimate of drug-likeness (QED) is 0.0211. The zero-order valence-electron chi connectivity index (χ0n) is 59.7. The van der Waals surface area contributed by atoms with Gasteiger partial charge in [0.25, 0.3) is 0 Å². The van der Waals surface area contributed by atoms with Crippen molar-refractivity contribution in [1.29, 1.82) is 0 Å². The first-order valence-corrected chi connectivity index (χ1v) is 38.7. The van der Waals surface area contributed by atoms with E-state index in [1.54, 1.807) is 0 Å². The molecule has 1 N–H and O–H groups in total. The fraction of sp³-hybridized carbons (Fsp3) is 0.659. The van der Waals surface area contributed by atoms with Crippen molar-refractivity contribution in [3.05, 3.63) is 158 Å². The molecule has 0 aromatic rings. The Kier molecular flexibility index (Phi) is 67.6. The van der Waals surface area contributed by atoms with Gasteiger partial charge in [-0.1, -0.05) is 320 Å². The predicted molar refractivity (Wildman–Crippen MR) is 399 cm³/mol. The normalized spacial score (nSPS) is 14.0. The van der Waals surface area contributed by atoms with Gasteiger partial charge in [0.2, 0.25) is 0 Å². The smallest absolute Gasteiger partial charge is 0.462 e. The van der Waals surface area contributed by atoms with Gasteiger partial charge in [-0.2, -0.15) is 0 Å². The number of nitrogens with zero attached hydrogens (tertiary/aromatic N) is 1. The lowest BCUT2D eigenvalue weighted by molar-refractivity contribution is -0.870. The van der Waals surface area contributed by atoms with Gasteiger partial charge in [-0.15, -0.1) is 0 Å². The lowest BCUT2D eigenvalue weighted by atomic mass is 10.0. The number of quaternary nitrogens is 1. The van der Waals surface area contributed by atoms with Gasteiger partial charge in [0.15, 0.2) is 6.10 Å². The summed E-state index contributed by atoms with van der Waals surface area (Å²) in [6.45, 7) is 4.21. The van der Waals surface area contributed by atoms with Crippen molar-refractivity contribution in [2.45, 2.75) is 302 Å². The van der Waals surface area contributed by atoms with Crippen LogP contribution in [0.25, 0.3) is 0 Å². The Morgan fingerprint density at radius 1 is 0.337 bits per heavy atom. The molecule has 92 heavy (non-hydrogen) atoms. The third-order valence-electron chi connectivity index (χ3n) is 15.6. The van der Waals surface area contributed by atoms with Crippen LogP contribution in [0.1, 0.15) is 296 Å². The van der Waals surface area contributed by atoms with Crippen LogP contribution < -0.4 is 0 Å². The molecule has 0 saturated heterocycles. The van der Waals surface area contributed by atoms with Gasteiger partial charge in [-0.05, 0) is 122 Å². The van der Waals surface area contributed by atoms with E-state index >= 15 is 0 Å². The predicted octanol–water partition coefficient (Wildman–Crippen LogP) is 24.7. The van der Waals surface area contributed by atoms with E-state index in [0.29, 0.717) is 17.4 Å². The van der Waals surface area contributed by atoms with Crippen LogP contribution in [0, 0.1) is 0 Å². The molecule has 0 aliphatic carbocycles. The van der Waals surface area contributed by atoms with E-state index < -0.39 is 26.5 Å². The highest BCUT2D eigenvalue weighted by atomic mass is 31.2. The van der Waals surface area contributed by atoms with E-state index in [1.165, 1.54) is 128 Å². The van der Waals surface area contributed by atoms with E-state index in [-0.39, 0.29) is 32.0 Å². The number of esters is 2. The summed E-state index contributed by atoms with van der Waals surface area (Å²) >= 11 is 0. The molecular formula is C82H139NO8P+. The van der Waals surface area contributed by atoms with Gasteiger partial charge in [-0.25, -0.2) is 4.57 Å². The monoisotopic (exact) mass is 1300 g/mol. The summed E-state index contributed by atoms with van der Waals surface area (Å²) in [7, 11) is 1.47. The molecule has 0 heterocycles. The summed E-state index contributed by atoms with van der Waals surface area (Å²) in [6, 6.07) is 0. The Hall–Kier alpha value is -4.37. The molecular weight excluding hydrogens is 1160 g/mol. The van der Waals surface area contributed by atoms with Crippen LogP contribution in [0.2, 0.25) is 0 Å². The number of likely N-dealkylation sites (N-methyl/N-ethyl adjacent to an activating group) is 1. The van der Waals surface area contributed by atoms with Crippen molar-refractivity contribution in [3.63, 3.8) is 0 Å². The number of unbranched alkanes of at least 4 members (excludes halogenated alkanes) is 27. The number of rotatable bonds is 67. The lowest BCUT2D eigenvalue weighted by Crippen LogP contribution is -2.37. The van der Waals surface area contributed by atoms with E-state index in [4.69, 9.17) is 18.5 Å². The number of carbonyl (C=O) groups excluding carboxylic acids is 2. The third-order valence-corrected chi connectivity index (χ3v) is 16.5. The van der Waals surface area contributed by atoms with Gasteiger partial charge < -0.3 is 18.9 Å². The van der Waals surface area contributed by atoms with Crippen molar-refractivity contribution >= 4 is 19.8 Å². The zero-order valence-corrected chi connectivity index (χ0v) is 60.6. The summed E-state index contributed by atoms with van der Waals surface area (Å²) in [4.78, 5) is 35.9. The zero-order chi connectivity index (χ0) is 66.9. The summed E-state index contributed by atoms with van der Waals surface area (Å²) in [6.07, 6.45) is 106. The first-order valence-electron chi connectivity index (χ1n) is 37.2. The second-order valence-corrected chi connectivity index (χ2v) is 27.0. The number of hydrogen-bond donors (Lipinski definition) is 1. The number of phosphoric acid groups is 1. The highest BCUT2D eigenvalue weighted by Crippen LogP contribution is 2.43. The summed E-state index contributed by atoms with van der Waals surface area (Å²) in [5, 5.41) is 0. The number of carbonyl (C=O) groups is 2. The lowest BCUT2D eigenvalue weighted by Gasteiger charge is -2.24. The summed E-state index contributed by atoms with van der Waals surface area (Å²) in [5.74, 6) is -0.802. The largest absolute Gasteiger partial charge is 0.472 e. The van der Waals surface area contributed by atoms with Crippen LogP contribution in [-0.2, 0) is 32.7 Å². The third kappa shape index (κ3) is 74.7. The van der Waals surface area contributed by atoms with Crippen LogP contribution >= 0.6 is 7.82 Å². The summed E-state index contributed by atoms with van der Waals surface area (Å²) in [5.41, 5.74) is 0. The second-order valence-electron chi connectivity index (χ2n) is 25.6. The molecule has 524 valence electrons. The van der Waals surface area contributed by atoms with E-state index in [0.717, 1.165) is 135 Å². The van der Waals surface area contributed by atoms with Crippen LogP contribution in [0.3, 0.4) is 0 Å². The molecule has 2 unspecified atom stereocenters. The van der Waals surface area contributed by atoms with Gasteiger partial charge in [-0.3, -0.25) is 18.6 Å². The van der Waals surface area contributed by atoms with Crippen molar-refractivity contribution in [2.24, 2.45) is 0 Å². The minimum Gasteiger partial charge on any atom is -0.462 e. The van der Waals surface area contributed by atoms with Crippen molar-refractivity contribution in [2.75, 3.05) is 47.5 Å². The number of allylic oxidation sites excluding steroid dienone is 26. The SMILES string of the molecule is CC/C=C\C/C=C\C/C=C\C/C=C\C/C=C\C/C=C\C/C=C\CCCCCCCCCCCCCCCCCCCC(=O)OC(COC(=O)CCCCCCCCCCCC/C=C\C/C=C\C/C=C\C/C=C\C/C=C\C/C=C\CC)COP(=O)(O)OCC[N+](C)(C)C. The first-order chi connectivity index (χ1) is 45.0. The van der Waals surface area contributed by atoms with Crippen LogP contribution in [0.4, 0.5) is 0 Å². The molecule has 2 atom stereocenters. The maximum Gasteiger partial charge on any atom is 0.472 e. The average Bonchev–Trinajstić information content (AvgIpc) is 2.14. The van der Waals surface area contributed by atoms with Gasteiger partial charge in [0.05, 0.1) is 27.7 Å². The van der Waals surface area contributed by atoms with E-state index in [1.807, 2.05) is 21.1 Å². The van der Waals surface area contributed by atoms with Gasteiger partial charge in [0, 0.05) is 12.8 Å². The second kappa shape index (κ2) is 70.9. The number of hydrogen-bond acceptors (Lipinski definition) is 7. The fourth-order valence-corrected chi connectivity index (χ4v) is 10.7. The molecule has 10 heteroatoms. The topological polar surface area (TPSA) is 108 Å². The molecule has 0 radical (unpaired) electrons. The summed E-state index contributed by atoms with van der Waals surface area (Å²) < 4.78 is 34.8. The Morgan fingerprint density at radius 2 is 0.587 bits per heavy atom. The minimum absolute atomic E-state index is 0.0252. The maximum absolute atomic E-state index is 12.9. The molecule has 0 amide bonds. The molecule has 0 fully saturated rings. The molecule has 0 rings (SSSR count). The van der Waals surface area contributed by atoms with Crippen molar-refractivity contribution in [1.82, 2.24) is 0 Å². The fourth-order valence-electron chi connectivity index (χ4n) is 9.94. The number of ether oxygens (including phenoxy) is 2. The molecule has 0 aromatic carbocycles. The molecule has 0 aromatic heterocycles. The van der Waals surface area contributed by atoms with Crippen LogP contribution in [0.15, 0.2) is 158 Å². The van der Waals surface area contributed by atoms with Gasteiger partial charge >= 0.3 is 19.8 Å². The van der Waals surface area contributed by atoms with Crippen LogP contribution in [-0.4, -0.2) is 74.9 Å². The standard InChI is InChI=1S/C82H138NO8P/c1-6-8-10-12-14-16-18-20-22-24-26-28-30-32-34-36-37-38-39-40-41-42-43-44-45-47-49-51-53-55-57-59-61-63-65-67-69-71-73-75-82(85)91-80(79-90-92(86,87)89-77-76-83(3,4)5)78-88-81(84)74-72-70-68-66-64-62-60-58-56-54-52-50-48-46-35-33-31-29-27-25-23-21-19-17-15-13-11-9-7-2/h8-11,14-17,20-23,26-29,32-35,37-38,40-41,48,50,80H,6-7,12-13,18-19,24-25,30-31,36,39,42-47,49,51-79H2,1-5H3/p+1/b10-8-,11-9-,16-14-,17-15-,22-20-,23-21-,28-26-,29-27-,34-32-,35-33-,38-37-,41-40-,50-48-. The first kappa shape index (κ1) is 87.6. The van der Waals surface area contributed by atoms with E-state index in [2.05, 4.69) is 172 Å². The molecule has 0 aliphatic heterocycles. The maximum atomic E-state index is 12.9. The minimum atomic E-state index is -4.40. The Morgan fingerprint density at radius 3 is 0.870 bits per heavy atom. The Bertz CT molecular complexity index is 2110. The van der Waals surface area contributed by atoms with Gasteiger partial charge in [0.1, 0.15) is 19.8 Å². The number of phosphoric ester groups is 1. The average molecular weight is 1300 g/mol. The molecule has 0 bridgehead atoms. The van der Waals surface area contributed by atoms with Crippen LogP contribution in [0.5, 0.6) is 0 Å². The molecule has 0 aliphatic rings. The molecule has 0 saturated carbocycles.